The van der Waals surface area contributed by atoms with Crippen LogP contribution in [0.1, 0.15) is 63.2 Å². The van der Waals surface area contributed by atoms with E-state index in [0.29, 0.717) is 6.04 Å². The van der Waals surface area contributed by atoms with Crippen LogP contribution < -0.4 is 0 Å². The molecule has 4 nitrogen and oxygen atoms in total. The van der Waals surface area contributed by atoms with Crippen LogP contribution in [0, 0.1) is 0 Å². The van der Waals surface area contributed by atoms with Gasteiger partial charge in [-0.05, 0) is 32.6 Å². The Morgan fingerprint density at radius 2 is 2.28 bits per heavy atom. The van der Waals surface area contributed by atoms with Crippen LogP contribution in [-0.4, -0.2) is 27.1 Å². The molecule has 1 aromatic heterocycles. The van der Waals surface area contributed by atoms with Crippen molar-refractivity contribution in [3.05, 3.63) is 18.0 Å². The fraction of sp³-hybridized carbons (Fsp3) is 0.786. The molecule has 0 aromatic carbocycles. The first-order valence-electron chi connectivity index (χ1n) is 7.05. The molecule has 0 radical (unpaired) electrons. The van der Waals surface area contributed by atoms with Crippen molar-refractivity contribution in [3.8, 4) is 0 Å². The van der Waals surface area contributed by atoms with E-state index in [0.717, 1.165) is 25.0 Å². The third kappa shape index (κ3) is 2.19. The first kappa shape index (κ1) is 12.2. The summed E-state index contributed by atoms with van der Waals surface area (Å²) in [6, 6.07) is 0.435. The third-order valence-electron chi connectivity index (χ3n) is 4.46. The lowest BCUT2D eigenvalue weighted by atomic mass is 9.89. The second kappa shape index (κ2) is 4.67. The summed E-state index contributed by atoms with van der Waals surface area (Å²) in [7, 11) is 0. The standard InChI is InChI=1S/C14H22N2O2/c1-11(17)12-9-15-16(10-12)13-4-7-18-14(8-13)5-2-3-6-14/h9-11,13,17H,2-8H2,1H3. The predicted molar refractivity (Wildman–Crippen MR) is 68.3 cm³/mol. The van der Waals surface area contributed by atoms with E-state index in [4.69, 9.17) is 4.74 Å². The average Bonchev–Trinajstić information content (AvgIpc) is 2.98. The van der Waals surface area contributed by atoms with Gasteiger partial charge in [0.25, 0.3) is 0 Å². The summed E-state index contributed by atoms with van der Waals surface area (Å²) >= 11 is 0. The van der Waals surface area contributed by atoms with Crippen molar-refractivity contribution >= 4 is 0 Å². The average molecular weight is 250 g/mol. The topological polar surface area (TPSA) is 47.3 Å². The number of rotatable bonds is 2. The lowest BCUT2D eigenvalue weighted by Crippen LogP contribution is -2.38. The highest BCUT2D eigenvalue weighted by atomic mass is 16.5. The van der Waals surface area contributed by atoms with E-state index in [1.54, 1.807) is 13.1 Å². The second-order valence-electron chi connectivity index (χ2n) is 5.81. The Hall–Kier alpha value is -0.870. The van der Waals surface area contributed by atoms with Gasteiger partial charge in [0.05, 0.1) is 23.9 Å². The summed E-state index contributed by atoms with van der Waals surface area (Å²) in [4.78, 5) is 0. The molecule has 0 bridgehead atoms. The molecule has 2 heterocycles. The van der Waals surface area contributed by atoms with Gasteiger partial charge in [-0.1, -0.05) is 12.8 Å². The highest BCUT2D eigenvalue weighted by Gasteiger charge is 2.40. The van der Waals surface area contributed by atoms with Crippen molar-refractivity contribution in [2.45, 2.75) is 63.2 Å². The fourth-order valence-electron chi connectivity index (χ4n) is 3.36. The van der Waals surface area contributed by atoms with E-state index in [1.807, 2.05) is 10.9 Å². The maximum Gasteiger partial charge on any atom is 0.0792 e. The van der Waals surface area contributed by atoms with Gasteiger partial charge in [0.1, 0.15) is 0 Å². The van der Waals surface area contributed by atoms with Gasteiger partial charge in [-0.25, -0.2) is 0 Å². The molecule has 18 heavy (non-hydrogen) atoms. The molecule has 1 aromatic rings. The quantitative estimate of drug-likeness (QED) is 0.877. The lowest BCUT2D eigenvalue weighted by Gasteiger charge is -2.38. The Morgan fingerprint density at radius 3 is 2.94 bits per heavy atom. The fourth-order valence-corrected chi connectivity index (χ4v) is 3.36. The van der Waals surface area contributed by atoms with Gasteiger partial charge in [-0.15, -0.1) is 0 Å². The van der Waals surface area contributed by atoms with E-state index in [2.05, 4.69) is 5.10 Å². The van der Waals surface area contributed by atoms with Gasteiger partial charge in [0.2, 0.25) is 0 Å². The van der Waals surface area contributed by atoms with Crippen molar-refractivity contribution in [3.63, 3.8) is 0 Å². The third-order valence-corrected chi connectivity index (χ3v) is 4.46. The molecule has 1 aliphatic carbocycles. The van der Waals surface area contributed by atoms with Gasteiger partial charge >= 0.3 is 0 Å². The molecule has 1 N–H and O–H groups in total. The number of nitrogens with zero attached hydrogens (tertiary/aromatic N) is 2. The van der Waals surface area contributed by atoms with Gasteiger partial charge in [0, 0.05) is 18.4 Å². The minimum Gasteiger partial charge on any atom is -0.389 e. The number of hydrogen-bond acceptors (Lipinski definition) is 3. The van der Waals surface area contributed by atoms with Crippen LogP contribution in [0.3, 0.4) is 0 Å². The molecule has 2 fully saturated rings. The Kier molecular flexibility index (Phi) is 3.16. The molecular formula is C14H22N2O2. The molecule has 3 rings (SSSR count). The Balaban J connectivity index is 1.75. The molecule has 1 spiro atoms. The number of aromatic nitrogens is 2. The minimum atomic E-state index is -0.431. The maximum absolute atomic E-state index is 9.56. The Bertz CT molecular complexity index is 408. The predicted octanol–water partition coefficient (Wildman–Crippen LogP) is 2.60. The molecule has 4 heteroatoms. The molecule has 2 atom stereocenters. The van der Waals surface area contributed by atoms with Crippen LogP contribution in [0.25, 0.3) is 0 Å². The van der Waals surface area contributed by atoms with Crippen molar-refractivity contribution in [1.29, 1.82) is 0 Å². The van der Waals surface area contributed by atoms with Crippen molar-refractivity contribution in [2.75, 3.05) is 6.61 Å². The Labute approximate surface area is 108 Å². The molecule has 1 saturated heterocycles. The monoisotopic (exact) mass is 250 g/mol. The van der Waals surface area contributed by atoms with Gasteiger partial charge in [-0.3, -0.25) is 4.68 Å². The van der Waals surface area contributed by atoms with E-state index >= 15 is 0 Å². The highest BCUT2D eigenvalue weighted by Crippen LogP contribution is 2.43. The minimum absolute atomic E-state index is 0.125. The summed E-state index contributed by atoms with van der Waals surface area (Å²) in [5.41, 5.74) is 1.03. The molecule has 100 valence electrons. The summed E-state index contributed by atoms with van der Waals surface area (Å²) in [5, 5.41) is 14.0. The highest BCUT2D eigenvalue weighted by molar-refractivity contribution is 5.08. The molecule has 1 aliphatic heterocycles. The molecule has 2 unspecified atom stereocenters. The number of aliphatic hydroxyl groups excluding tert-OH is 1. The lowest BCUT2D eigenvalue weighted by molar-refractivity contribution is -0.0910. The molecular weight excluding hydrogens is 228 g/mol. The summed E-state index contributed by atoms with van der Waals surface area (Å²) in [6.07, 6.45) is 10.4. The number of ether oxygens (including phenoxy) is 1. The van der Waals surface area contributed by atoms with Crippen LogP contribution in [0.5, 0.6) is 0 Å². The normalized spacial score (nSPS) is 28.7. The zero-order chi connectivity index (χ0) is 12.6. The Morgan fingerprint density at radius 1 is 1.50 bits per heavy atom. The van der Waals surface area contributed by atoms with Crippen LogP contribution in [0.15, 0.2) is 12.4 Å². The maximum atomic E-state index is 9.56. The van der Waals surface area contributed by atoms with E-state index in [-0.39, 0.29) is 5.60 Å². The smallest absolute Gasteiger partial charge is 0.0792 e. The van der Waals surface area contributed by atoms with Gasteiger partial charge in [-0.2, -0.15) is 5.10 Å². The van der Waals surface area contributed by atoms with Crippen LogP contribution in [0.2, 0.25) is 0 Å². The first-order valence-corrected chi connectivity index (χ1v) is 7.05. The molecule has 0 amide bonds. The van der Waals surface area contributed by atoms with Crippen LogP contribution in [-0.2, 0) is 4.74 Å². The molecule has 1 saturated carbocycles. The van der Waals surface area contributed by atoms with E-state index < -0.39 is 6.10 Å². The zero-order valence-electron chi connectivity index (χ0n) is 11.0. The van der Waals surface area contributed by atoms with Gasteiger partial charge < -0.3 is 9.84 Å². The van der Waals surface area contributed by atoms with Crippen LogP contribution >= 0.6 is 0 Å². The SMILES string of the molecule is CC(O)c1cnn(C2CCOC3(CCCC3)C2)c1. The van der Waals surface area contributed by atoms with Gasteiger partial charge in [0.15, 0.2) is 0 Å². The summed E-state index contributed by atoms with van der Waals surface area (Å²) < 4.78 is 8.07. The van der Waals surface area contributed by atoms with E-state index in [9.17, 15) is 5.11 Å². The summed E-state index contributed by atoms with van der Waals surface area (Å²) in [6.45, 7) is 2.62. The number of hydrogen-bond donors (Lipinski definition) is 1. The second-order valence-corrected chi connectivity index (χ2v) is 5.81. The largest absolute Gasteiger partial charge is 0.389 e. The molecule has 2 aliphatic rings. The van der Waals surface area contributed by atoms with Crippen LogP contribution in [0.4, 0.5) is 0 Å². The van der Waals surface area contributed by atoms with E-state index in [1.165, 1.54) is 25.7 Å². The number of aliphatic hydroxyl groups is 1. The van der Waals surface area contributed by atoms with Crippen molar-refractivity contribution in [1.82, 2.24) is 9.78 Å². The zero-order valence-corrected chi connectivity index (χ0v) is 11.0. The first-order chi connectivity index (χ1) is 8.69. The van der Waals surface area contributed by atoms with Crippen molar-refractivity contribution in [2.24, 2.45) is 0 Å². The van der Waals surface area contributed by atoms with Crippen molar-refractivity contribution < 1.29 is 9.84 Å². The summed E-state index contributed by atoms with van der Waals surface area (Å²) in [5.74, 6) is 0.